The lowest BCUT2D eigenvalue weighted by molar-refractivity contribution is 0.394. The van der Waals surface area contributed by atoms with E-state index >= 15 is 0 Å². The highest BCUT2D eigenvalue weighted by molar-refractivity contribution is 6.31. The number of benzene rings is 1. The van der Waals surface area contributed by atoms with Gasteiger partial charge in [0.05, 0.1) is 0 Å². The van der Waals surface area contributed by atoms with Crippen molar-refractivity contribution in [2.75, 3.05) is 0 Å². The molecule has 0 aliphatic carbocycles. The maximum absolute atomic E-state index is 6.29. The second-order valence-electron chi connectivity index (χ2n) is 6.15. The Hall–Kier alpha value is -1.87. The molecule has 0 radical (unpaired) electrons. The van der Waals surface area contributed by atoms with Gasteiger partial charge in [0, 0.05) is 23.2 Å². The Bertz CT molecular complexity index is 784. The number of hydrogen-bond acceptors (Lipinski definition) is 2. The largest absolute Gasteiger partial charge is 0.307 e. The lowest BCUT2D eigenvalue weighted by atomic mass is 10.1. The molecule has 0 aliphatic rings. The first-order chi connectivity index (χ1) is 9.97. The van der Waals surface area contributed by atoms with Crippen molar-refractivity contribution in [2.45, 2.75) is 32.7 Å². The quantitative estimate of drug-likeness (QED) is 0.701. The zero-order valence-corrected chi connectivity index (χ0v) is 13.2. The van der Waals surface area contributed by atoms with E-state index in [0.717, 1.165) is 27.6 Å². The van der Waals surface area contributed by atoms with Gasteiger partial charge in [-0.3, -0.25) is 0 Å². The average molecular weight is 300 g/mol. The third-order valence-electron chi connectivity index (χ3n) is 3.46. The smallest absolute Gasteiger partial charge is 0.160 e. The molecule has 0 atom stereocenters. The number of halogens is 1. The van der Waals surface area contributed by atoms with Gasteiger partial charge in [-0.05, 0) is 44.5 Å². The van der Waals surface area contributed by atoms with E-state index in [1.165, 1.54) is 0 Å². The van der Waals surface area contributed by atoms with Crippen LogP contribution < -0.4 is 0 Å². The zero-order chi connectivity index (χ0) is 15.0. The van der Waals surface area contributed by atoms with E-state index < -0.39 is 0 Å². The van der Waals surface area contributed by atoms with Crippen LogP contribution in [0.4, 0.5) is 0 Å². The third-order valence-corrected chi connectivity index (χ3v) is 3.83. The molecule has 21 heavy (non-hydrogen) atoms. The molecule has 3 nitrogen and oxygen atoms in total. The van der Waals surface area contributed by atoms with Crippen LogP contribution in [0.1, 0.15) is 32.2 Å². The molecule has 0 saturated heterocycles. The second-order valence-corrected chi connectivity index (χ2v) is 6.56. The van der Waals surface area contributed by atoms with Gasteiger partial charge >= 0.3 is 0 Å². The van der Waals surface area contributed by atoms with E-state index in [0.29, 0.717) is 6.42 Å². The van der Waals surface area contributed by atoms with Gasteiger partial charge in [-0.2, -0.15) is 0 Å². The van der Waals surface area contributed by atoms with Crippen molar-refractivity contribution in [2.24, 2.45) is 0 Å². The maximum atomic E-state index is 6.29. The highest BCUT2D eigenvalue weighted by Crippen LogP contribution is 2.26. The Morgan fingerprint density at radius 1 is 1.10 bits per heavy atom. The van der Waals surface area contributed by atoms with Crippen molar-refractivity contribution in [3.8, 4) is 0 Å². The Morgan fingerprint density at radius 2 is 1.86 bits per heavy atom. The summed E-state index contributed by atoms with van der Waals surface area (Å²) < 4.78 is 2.20. The van der Waals surface area contributed by atoms with E-state index in [9.17, 15) is 0 Å². The molecular weight excluding hydrogens is 282 g/mol. The molecule has 3 aromatic rings. The van der Waals surface area contributed by atoms with Gasteiger partial charge in [0.25, 0.3) is 0 Å². The summed E-state index contributed by atoms with van der Waals surface area (Å²) in [5.41, 5.74) is 2.85. The molecule has 2 aromatic heterocycles. The van der Waals surface area contributed by atoms with Crippen LogP contribution in [0.15, 0.2) is 42.6 Å². The fourth-order valence-corrected chi connectivity index (χ4v) is 2.80. The molecule has 0 unspecified atom stereocenters. The normalized spacial score (nSPS) is 12.0. The molecule has 1 aromatic carbocycles. The van der Waals surface area contributed by atoms with Gasteiger partial charge < -0.3 is 4.57 Å². The molecule has 0 spiro atoms. The van der Waals surface area contributed by atoms with Crippen molar-refractivity contribution in [1.29, 1.82) is 0 Å². The first-order valence-corrected chi connectivity index (χ1v) is 7.41. The van der Waals surface area contributed by atoms with Gasteiger partial charge in [0.2, 0.25) is 0 Å². The summed E-state index contributed by atoms with van der Waals surface area (Å²) in [5, 5.41) is 0.776. The molecule has 0 saturated carbocycles. The van der Waals surface area contributed by atoms with Gasteiger partial charge in [-0.25, -0.2) is 9.97 Å². The van der Waals surface area contributed by atoms with Crippen molar-refractivity contribution >= 4 is 22.8 Å². The lowest BCUT2D eigenvalue weighted by Gasteiger charge is -2.24. The minimum absolute atomic E-state index is 0.0836. The van der Waals surface area contributed by atoms with E-state index in [1.807, 2.05) is 42.6 Å². The number of aromatic nitrogens is 3. The first kappa shape index (κ1) is 14.1. The number of hydrogen-bond donors (Lipinski definition) is 0. The van der Waals surface area contributed by atoms with Crippen LogP contribution in [0, 0.1) is 0 Å². The summed E-state index contributed by atoms with van der Waals surface area (Å²) in [6.45, 7) is 6.50. The fourth-order valence-electron chi connectivity index (χ4n) is 2.59. The number of fused-ring (bicyclic) bond motifs is 1. The maximum Gasteiger partial charge on any atom is 0.160 e. The molecule has 0 amide bonds. The summed E-state index contributed by atoms with van der Waals surface area (Å²) in [6.07, 6.45) is 2.51. The number of rotatable bonds is 2. The summed E-state index contributed by atoms with van der Waals surface area (Å²) in [7, 11) is 0. The SMILES string of the molecule is CC(C)(C)n1c(Cc2ccccc2Cl)nc2cccnc21. The van der Waals surface area contributed by atoms with Crippen molar-refractivity contribution in [3.63, 3.8) is 0 Å². The minimum atomic E-state index is -0.0836. The van der Waals surface area contributed by atoms with Crippen molar-refractivity contribution in [3.05, 3.63) is 59.0 Å². The van der Waals surface area contributed by atoms with E-state index in [4.69, 9.17) is 16.6 Å². The van der Waals surface area contributed by atoms with Gasteiger partial charge in [0.1, 0.15) is 11.3 Å². The van der Waals surface area contributed by atoms with Crippen LogP contribution >= 0.6 is 11.6 Å². The van der Waals surface area contributed by atoms with Crippen LogP contribution in [0.25, 0.3) is 11.2 Å². The van der Waals surface area contributed by atoms with Crippen molar-refractivity contribution in [1.82, 2.24) is 14.5 Å². The predicted octanol–water partition coefficient (Wildman–Crippen LogP) is 4.43. The summed E-state index contributed by atoms with van der Waals surface area (Å²) in [6, 6.07) is 11.8. The summed E-state index contributed by atoms with van der Waals surface area (Å²) in [4.78, 5) is 9.26. The van der Waals surface area contributed by atoms with Crippen LogP contribution in [0.2, 0.25) is 5.02 Å². The lowest BCUT2D eigenvalue weighted by Crippen LogP contribution is -2.24. The topological polar surface area (TPSA) is 30.7 Å². The van der Waals surface area contributed by atoms with Gasteiger partial charge in [0.15, 0.2) is 5.65 Å². The predicted molar refractivity (Wildman–Crippen MR) is 86.8 cm³/mol. The average Bonchev–Trinajstić information content (AvgIpc) is 2.79. The molecule has 0 bridgehead atoms. The molecule has 0 fully saturated rings. The molecular formula is C17H18ClN3. The Morgan fingerprint density at radius 3 is 2.57 bits per heavy atom. The number of nitrogens with zero attached hydrogens (tertiary/aromatic N) is 3. The highest BCUT2D eigenvalue weighted by Gasteiger charge is 2.22. The molecule has 4 heteroatoms. The monoisotopic (exact) mass is 299 g/mol. The number of pyridine rings is 1. The molecule has 0 N–H and O–H groups in total. The van der Waals surface area contributed by atoms with Crippen LogP contribution in [0.5, 0.6) is 0 Å². The minimum Gasteiger partial charge on any atom is -0.307 e. The van der Waals surface area contributed by atoms with Crippen LogP contribution in [-0.2, 0) is 12.0 Å². The third kappa shape index (κ3) is 2.66. The molecule has 2 heterocycles. The Kier molecular flexibility index (Phi) is 3.46. The summed E-state index contributed by atoms with van der Waals surface area (Å²) >= 11 is 6.29. The summed E-state index contributed by atoms with van der Waals surface area (Å²) in [5.74, 6) is 0.990. The van der Waals surface area contributed by atoms with E-state index in [-0.39, 0.29) is 5.54 Å². The van der Waals surface area contributed by atoms with Crippen LogP contribution in [0.3, 0.4) is 0 Å². The number of imidazole rings is 1. The second kappa shape index (κ2) is 5.15. The first-order valence-electron chi connectivity index (χ1n) is 7.03. The van der Waals surface area contributed by atoms with E-state index in [2.05, 4.69) is 30.3 Å². The standard InChI is InChI=1S/C17H18ClN3/c1-17(2,3)21-15(11-12-7-4-5-8-13(12)18)20-14-9-6-10-19-16(14)21/h4-10H,11H2,1-3H3. The van der Waals surface area contributed by atoms with Gasteiger partial charge in [-0.15, -0.1) is 0 Å². The molecule has 108 valence electrons. The highest BCUT2D eigenvalue weighted by atomic mass is 35.5. The Labute approximate surface area is 129 Å². The fraction of sp³-hybridized carbons (Fsp3) is 0.294. The molecule has 3 rings (SSSR count). The van der Waals surface area contributed by atoms with Crippen LogP contribution in [-0.4, -0.2) is 14.5 Å². The zero-order valence-electron chi connectivity index (χ0n) is 12.5. The Balaban J connectivity index is 2.16. The van der Waals surface area contributed by atoms with E-state index in [1.54, 1.807) is 0 Å². The van der Waals surface area contributed by atoms with Crippen molar-refractivity contribution < 1.29 is 0 Å². The van der Waals surface area contributed by atoms with Gasteiger partial charge in [-0.1, -0.05) is 29.8 Å². The molecule has 0 aliphatic heterocycles.